The Balaban J connectivity index is 1.45. The van der Waals surface area contributed by atoms with E-state index in [2.05, 4.69) is 29.2 Å². The second-order valence-corrected chi connectivity index (χ2v) is 8.69. The number of carbonyl (C=O) groups excluding carboxylic acids is 1. The highest BCUT2D eigenvalue weighted by Gasteiger charge is 2.17. The molecule has 1 aliphatic heterocycles. The third kappa shape index (κ3) is 5.03. The highest BCUT2D eigenvalue weighted by atomic mass is 35.5. The number of rotatable bonds is 5. The molecule has 4 nitrogen and oxygen atoms in total. The molecule has 0 aromatic heterocycles. The minimum Gasteiger partial charge on any atom is -0.454 e. The third-order valence-electron chi connectivity index (χ3n) is 5.91. The number of hydrogen-bond donors (Lipinski definition) is 0. The molecule has 0 N–H and O–H groups in total. The summed E-state index contributed by atoms with van der Waals surface area (Å²) < 4.78 is 5.74. The van der Waals surface area contributed by atoms with Gasteiger partial charge in [0, 0.05) is 18.1 Å². The van der Waals surface area contributed by atoms with E-state index in [0.717, 1.165) is 41.9 Å². The van der Waals surface area contributed by atoms with Gasteiger partial charge in [-0.05, 0) is 85.3 Å². The summed E-state index contributed by atoms with van der Waals surface area (Å²) in [6.45, 7) is 7.59. The minimum absolute atomic E-state index is 0.363. The number of esters is 1. The fraction of sp³-hybridized carbons (Fsp3) is 0.259. The van der Waals surface area contributed by atoms with Crippen LogP contribution < -0.4 is 0 Å². The van der Waals surface area contributed by atoms with Crippen molar-refractivity contribution in [2.75, 3.05) is 6.54 Å². The van der Waals surface area contributed by atoms with E-state index in [0.29, 0.717) is 10.6 Å². The van der Waals surface area contributed by atoms with Crippen molar-refractivity contribution in [3.8, 4) is 0 Å². The largest absolute Gasteiger partial charge is 0.454 e. The zero-order valence-corrected chi connectivity index (χ0v) is 19.4. The summed E-state index contributed by atoms with van der Waals surface area (Å²) in [5.41, 5.74) is 6.97. The number of fused-ring (bicyclic) bond motifs is 1. The SMILES string of the molecule is Cc1cc(C(=O)OC(C)c2cc(N=CN3CCc4ccccc4C3)ccc2C)ccc1Cl. The lowest BCUT2D eigenvalue weighted by Crippen LogP contribution is -2.29. The van der Waals surface area contributed by atoms with Crippen LogP contribution >= 0.6 is 11.6 Å². The normalized spacial score (nSPS) is 14.3. The third-order valence-corrected chi connectivity index (χ3v) is 6.33. The number of aryl methyl sites for hydroxylation is 2. The standard InChI is InChI=1S/C27H27ClN2O2/c1-18-8-10-24(29-17-30-13-12-21-6-4-5-7-23(21)16-30)15-25(18)20(3)32-27(31)22-9-11-26(28)19(2)14-22/h4-11,14-15,17,20H,12-13,16H2,1-3H3. The van der Waals surface area contributed by atoms with Crippen LogP contribution in [0.4, 0.5) is 5.69 Å². The van der Waals surface area contributed by atoms with Crippen LogP contribution in [-0.4, -0.2) is 23.8 Å². The summed E-state index contributed by atoms with van der Waals surface area (Å²) in [5.74, 6) is -0.363. The Labute approximate surface area is 194 Å². The van der Waals surface area contributed by atoms with Gasteiger partial charge in [0.25, 0.3) is 0 Å². The summed E-state index contributed by atoms with van der Waals surface area (Å²) in [7, 11) is 0. The van der Waals surface area contributed by atoms with Crippen LogP contribution in [0.25, 0.3) is 0 Å². The van der Waals surface area contributed by atoms with Crippen molar-refractivity contribution in [3.63, 3.8) is 0 Å². The molecule has 1 atom stereocenters. The average Bonchev–Trinajstić information content (AvgIpc) is 2.80. The van der Waals surface area contributed by atoms with Crippen molar-refractivity contribution < 1.29 is 9.53 Å². The molecule has 0 spiro atoms. The maximum Gasteiger partial charge on any atom is 0.338 e. The van der Waals surface area contributed by atoms with Gasteiger partial charge in [0.1, 0.15) is 6.10 Å². The summed E-state index contributed by atoms with van der Waals surface area (Å²) in [5, 5.41) is 0.633. The molecule has 1 aliphatic rings. The first-order valence-electron chi connectivity index (χ1n) is 10.8. The van der Waals surface area contributed by atoms with Gasteiger partial charge in [-0.3, -0.25) is 0 Å². The van der Waals surface area contributed by atoms with E-state index in [1.165, 1.54) is 11.1 Å². The highest BCUT2D eigenvalue weighted by molar-refractivity contribution is 6.31. The summed E-state index contributed by atoms with van der Waals surface area (Å²) in [4.78, 5) is 19.5. The second kappa shape index (κ2) is 9.58. The molecule has 0 aliphatic carbocycles. The Morgan fingerprint density at radius 3 is 2.62 bits per heavy atom. The van der Waals surface area contributed by atoms with Crippen molar-refractivity contribution in [2.24, 2.45) is 4.99 Å². The lowest BCUT2D eigenvalue weighted by atomic mass is 10.0. The topological polar surface area (TPSA) is 41.9 Å². The molecule has 164 valence electrons. The maximum atomic E-state index is 12.6. The van der Waals surface area contributed by atoms with Gasteiger partial charge in [-0.25, -0.2) is 9.79 Å². The Hall–Kier alpha value is -3.11. The molecule has 3 aromatic rings. The number of halogens is 1. The molecule has 32 heavy (non-hydrogen) atoms. The van der Waals surface area contributed by atoms with Crippen LogP contribution in [0.5, 0.6) is 0 Å². The smallest absolute Gasteiger partial charge is 0.338 e. The van der Waals surface area contributed by atoms with Crippen LogP contribution in [0.2, 0.25) is 5.02 Å². The molecular formula is C27H27ClN2O2. The van der Waals surface area contributed by atoms with Gasteiger partial charge in [0.2, 0.25) is 0 Å². The fourth-order valence-corrected chi connectivity index (χ4v) is 4.09. The number of hydrogen-bond acceptors (Lipinski definition) is 3. The molecule has 4 rings (SSSR count). The molecule has 0 fully saturated rings. The molecule has 5 heteroatoms. The highest BCUT2D eigenvalue weighted by Crippen LogP contribution is 2.27. The predicted molar refractivity (Wildman–Crippen MR) is 130 cm³/mol. The fourth-order valence-electron chi connectivity index (χ4n) is 3.97. The molecule has 0 radical (unpaired) electrons. The number of carbonyl (C=O) groups is 1. The minimum atomic E-state index is -0.393. The van der Waals surface area contributed by atoms with Crippen molar-refractivity contribution in [3.05, 3.63) is 99.1 Å². The monoisotopic (exact) mass is 446 g/mol. The van der Waals surface area contributed by atoms with E-state index in [1.54, 1.807) is 18.2 Å². The van der Waals surface area contributed by atoms with Gasteiger partial charge in [-0.1, -0.05) is 41.9 Å². The van der Waals surface area contributed by atoms with Crippen molar-refractivity contribution >= 4 is 29.6 Å². The summed E-state index contributed by atoms with van der Waals surface area (Å²) in [6.07, 6.45) is 2.55. The number of benzene rings is 3. The van der Waals surface area contributed by atoms with Crippen LogP contribution in [-0.2, 0) is 17.7 Å². The number of nitrogens with zero attached hydrogens (tertiary/aromatic N) is 2. The Morgan fingerprint density at radius 1 is 1.06 bits per heavy atom. The Bertz CT molecular complexity index is 1170. The van der Waals surface area contributed by atoms with E-state index in [9.17, 15) is 4.79 Å². The van der Waals surface area contributed by atoms with Crippen molar-refractivity contribution in [1.29, 1.82) is 0 Å². The van der Waals surface area contributed by atoms with Gasteiger partial charge in [-0.2, -0.15) is 0 Å². The van der Waals surface area contributed by atoms with E-state index in [1.807, 2.05) is 45.3 Å². The zero-order valence-electron chi connectivity index (χ0n) is 18.6. The quantitative estimate of drug-likeness (QED) is 0.252. The molecule has 1 unspecified atom stereocenters. The van der Waals surface area contributed by atoms with Crippen molar-refractivity contribution in [2.45, 2.75) is 39.8 Å². The molecule has 3 aromatic carbocycles. The first-order chi connectivity index (χ1) is 15.4. The van der Waals surface area contributed by atoms with Crippen LogP contribution in [0.1, 0.15) is 51.2 Å². The average molecular weight is 447 g/mol. The van der Waals surface area contributed by atoms with Crippen LogP contribution in [0.15, 0.2) is 65.7 Å². The Morgan fingerprint density at radius 2 is 1.84 bits per heavy atom. The zero-order chi connectivity index (χ0) is 22.7. The summed E-state index contributed by atoms with van der Waals surface area (Å²) >= 11 is 6.07. The lowest BCUT2D eigenvalue weighted by molar-refractivity contribution is 0.0337. The van der Waals surface area contributed by atoms with Gasteiger partial charge in [0.15, 0.2) is 0 Å². The lowest BCUT2D eigenvalue weighted by Gasteiger charge is -2.26. The molecular weight excluding hydrogens is 420 g/mol. The number of ether oxygens (including phenoxy) is 1. The molecule has 0 saturated heterocycles. The van der Waals surface area contributed by atoms with E-state index in [-0.39, 0.29) is 5.97 Å². The molecule has 0 amide bonds. The van der Waals surface area contributed by atoms with Gasteiger partial charge in [-0.15, -0.1) is 0 Å². The summed E-state index contributed by atoms with van der Waals surface area (Å²) in [6, 6.07) is 19.7. The first-order valence-corrected chi connectivity index (χ1v) is 11.2. The second-order valence-electron chi connectivity index (χ2n) is 8.29. The van der Waals surface area contributed by atoms with E-state index < -0.39 is 6.10 Å². The van der Waals surface area contributed by atoms with E-state index in [4.69, 9.17) is 21.3 Å². The Kier molecular flexibility index (Phi) is 6.61. The molecule has 1 heterocycles. The number of aliphatic imine (C=N–C) groups is 1. The van der Waals surface area contributed by atoms with Gasteiger partial charge >= 0.3 is 5.97 Å². The van der Waals surface area contributed by atoms with Gasteiger partial charge < -0.3 is 9.64 Å². The van der Waals surface area contributed by atoms with E-state index >= 15 is 0 Å². The first kappa shape index (κ1) is 22.1. The van der Waals surface area contributed by atoms with Crippen LogP contribution in [0, 0.1) is 13.8 Å². The van der Waals surface area contributed by atoms with Crippen molar-refractivity contribution in [1.82, 2.24) is 4.90 Å². The molecule has 0 saturated carbocycles. The van der Waals surface area contributed by atoms with Gasteiger partial charge in [0.05, 0.1) is 17.6 Å². The maximum absolute atomic E-state index is 12.6. The predicted octanol–water partition coefficient (Wildman–Crippen LogP) is 6.59. The molecule has 0 bridgehead atoms. The van der Waals surface area contributed by atoms with Crippen LogP contribution in [0.3, 0.4) is 0 Å².